The first-order chi connectivity index (χ1) is 10.5. The number of carbonyl (C=O) groups excluding carboxylic acids is 1. The first-order valence-electron chi connectivity index (χ1n) is 9.35. The topological polar surface area (TPSA) is 35.5 Å². The Morgan fingerprint density at radius 1 is 0.909 bits per heavy atom. The van der Waals surface area contributed by atoms with E-state index >= 15 is 0 Å². The third-order valence-electron chi connectivity index (χ3n) is 8.73. The Kier molecular flexibility index (Phi) is 2.00. The second-order valence-corrected chi connectivity index (χ2v) is 10.1. The van der Waals surface area contributed by atoms with Crippen molar-refractivity contribution in [3.05, 3.63) is 0 Å². The van der Waals surface area contributed by atoms with Crippen LogP contribution in [0, 0.1) is 58.7 Å². The van der Waals surface area contributed by atoms with Gasteiger partial charge in [-0.25, -0.2) is 4.79 Å². The van der Waals surface area contributed by atoms with Gasteiger partial charge in [-0.05, 0) is 99.7 Å². The van der Waals surface area contributed by atoms with E-state index in [-0.39, 0.29) is 11.4 Å². The molecule has 22 heavy (non-hydrogen) atoms. The largest absolute Gasteiger partial charge is 0.349 e. The Labute approximate surface area is 132 Å². The molecule has 0 saturated heterocycles. The molecule has 3 heteroatoms. The fourth-order valence-corrected chi connectivity index (χ4v) is 8.92. The van der Waals surface area contributed by atoms with E-state index in [4.69, 9.17) is 9.78 Å². The van der Waals surface area contributed by atoms with Gasteiger partial charge in [0.05, 0.1) is 5.41 Å². The molecule has 9 aliphatic rings. The predicted molar refractivity (Wildman–Crippen MR) is 79.2 cm³/mol. The first-order valence-corrected chi connectivity index (χ1v) is 9.35. The quantitative estimate of drug-likeness (QED) is 0.579. The molecule has 0 aromatic rings. The summed E-state index contributed by atoms with van der Waals surface area (Å²) < 4.78 is 0. The van der Waals surface area contributed by atoms with Crippen LogP contribution in [0.1, 0.15) is 46.5 Å². The molecule has 120 valence electrons. The lowest BCUT2D eigenvalue weighted by Gasteiger charge is -2.59. The number of hydrogen-bond acceptors (Lipinski definition) is 3. The monoisotopic (exact) mass is 302 g/mol. The molecule has 0 radical (unpaired) electrons. The fourth-order valence-electron chi connectivity index (χ4n) is 8.92. The minimum absolute atomic E-state index is 0.000856. The molecule has 0 aromatic carbocycles. The van der Waals surface area contributed by atoms with Gasteiger partial charge in [0, 0.05) is 0 Å². The minimum atomic E-state index is -0.415. The zero-order chi connectivity index (χ0) is 15.0. The first kappa shape index (κ1) is 12.8. The van der Waals surface area contributed by atoms with E-state index in [9.17, 15) is 4.79 Å². The van der Waals surface area contributed by atoms with Crippen LogP contribution < -0.4 is 0 Å². The number of rotatable bonds is 2. The Hall–Kier alpha value is -0.570. The fraction of sp³-hybridized carbons (Fsp3) is 0.947. The molecule has 10 atom stereocenters. The highest BCUT2D eigenvalue weighted by Crippen LogP contribution is 2.89. The molecule has 3 nitrogen and oxygen atoms in total. The molecule has 3 unspecified atom stereocenters. The summed E-state index contributed by atoms with van der Waals surface area (Å²) in [5, 5.41) is 0. The van der Waals surface area contributed by atoms with Crippen LogP contribution in [0.3, 0.4) is 0 Å². The summed E-state index contributed by atoms with van der Waals surface area (Å²) in [6.45, 7) is 5.84. The van der Waals surface area contributed by atoms with Crippen LogP contribution in [0.4, 0.5) is 0 Å². The van der Waals surface area contributed by atoms with Crippen LogP contribution in [0.2, 0.25) is 0 Å². The van der Waals surface area contributed by atoms with Gasteiger partial charge in [0.1, 0.15) is 5.60 Å². The second-order valence-electron chi connectivity index (χ2n) is 10.1. The van der Waals surface area contributed by atoms with Crippen LogP contribution in [0.25, 0.3) is 0 Å². The number of hydrogen-bond donors (Lipinski definition) is 0. The second kappa shape index (κ2) is 3.43. The molecular formula is C19H26O3. The summed E-state index contributed by atoms with van der Waals surface area (Å²) in [6.07, 6.45) is 5.20. The maximum absolute atomic E-state index is 13.1. The van der Waals surface area contributed by atoms with E-state index in [1.165, 1.54) is 19.3 Å². The van der Waals surface area contributed by atoms with Crippen molar-refractivity contribution >= 4 is 5.97 Å². The molecule has 0 aliphatic heterocycles. The van der Waals surface area contributed by atoms with Crippen molar-refractivity contribution in [1.82, 2.24) is 0 Å². The van der Waals surface area contributed by atoms with Crippen LogP contribution in [-0.2, 0) is 14.6 Å². The van der Waals surface area contributed by atoms with Crippen LogP contribution >= 0.6 is 0 Å². The van der Waals surface area contributed by atoms with Crippen molar-refractivity contribution in [3.8, 4) is 0 Å². The Morgan fingerprint density at radius 2 is 1.59 bits per heavy atom. The number of carbonyl (C=O) groups is 1. The minimum Gasteiger partial charge on any atom is -0.297 e. The summed E-state index contributed by atoms with van der Waals surface area (Å²) in [7, 11) is 0. The molecule has 0 N–H and O–H groups in total. The van der Waals surface area contributed by atoms with Crippen LogP contribution in [-0.4, -0.2) is 11.6 Å². The van der Waals surface area contributed by atoms with Crippen molar-refractivity contribution in [1.29, 1.82) is 0 Å². The van der Waals surface area contributed by atoms with Crippen molar-refractivity contribution in [2.75, 3.05) is 0 Å². The third-order valence-corrected chi connectivity index (χ3v) is 8.73. The summed E-state index contributed by atoms with van der Waals surface area (Å²) in [5.41, 5.74) is -0.572. The highest BCUT2D eigenvalue weighted by atomic mass is 17.2. The molecule has 9 saturated carbocycles. The maximum Gasteiger partial charge on any atom is 0.349 e. The molecule has 0 heterocycles. The normalized spacial score (nSPS) is 61.7. The Morgan fingerprint density at radius 3 is 2.36 bits per heavy atom. The van der Waals surface area contributed by atoms with E-state index in [2.05, 4.69) is 0 Å². The van der Waals surface area contributed by atoms with Gasteiger partial charge in [0.25, 0.3) is 0 Å². The van der Waals surface area contributed by atoms with Crippen LogP contribution in [0.15, 0.2) is 0 Å². The average molecular weight is 302 g/mol. The van der Waals surface area contributed by atoms with Crippen molar-refractivity contribution in [2.24, 2.45) is 58.7 Å². The molecule has 10 bridgehead atoms. The highest BCUT2D eigenvalue weighted by Gasteiger charge is 2.88. The van der Waals surface area contributed by atoms with Gasteiger partial charge in [0.2, 0.25) is 0 Å². The molecule has 9 fully saturated rings. The summed E-state index contributed by atoms with van der Waals surface area (Å²) >= 11 is 0. The lowest BCUT2D eigenvalue weighted by Crippen LogP contribution is -2.60. The third kappa shape index (κ3) is 1.07. The lowest BCUT2D eigenvalue weighted by atomic mass is 9.44. The SMILES string of the molecule is CC(C)(C)OOC(=O)[C@]12CC[C@@H]3C4C1C1[C@@H]4[C@@H]4CC[C@H]1[C@H]2[C@@H]43. The summed E-state index contributed by atoms with van der Waals surface area (Å²) in [6, 6.07) is 0. The Balaban J connectivity index is 1.40. The van der Waals surface area contributed by atoms with Crippen molar-refractivity contribution in [3.63, 3.8) is 0 Å². The summed E-state index contributed by atoms with van der Waals surface area (Å²) in [5.74, 6) is 7.67. The van der Waals surface area contributed by atoms with Crippen LogP contribution in [0.5, 0.6) is 0 Å². The van der Waals surface area contributed by atoms with E-state index in [1.54, 1.807) is 0 Å². The smallest absolute Gasteiger partial charge is 0.297 e. The molecule has 9 rings (SSSR count). The average Bonchev–Trinajstić information content (AvgIpc) is 2.80. The molecule has 9 aliphatic carbocycles. The maximum atomic E-state index is 13.1. The zero-order valence-corrected chi connectivity index (χ0v) is 13.7. The molecular weight excluding hydrogens is 276 g/mol. The van der Waals surface area contributed by atoms with E-state index in [1.807, 2.05) is 20.8 Å². The lowest BCUT2D eigenvalue weighted by molar-refractivity contribution is -0.334. The highest BCUT2D eigenvalue weighted by molar-refractivity contribution is 5.80. The molecule has 0 spiro atoms. The van der Waals surface area contributed by atoms with E-state index < -0.39 is 5.60 Å². The summed E-state index contributed by atoms with van der Waals surface area (Å²) in [4.78, 5) is 24.0. The zero-order valence-electron chi connectivity index (χ0n) is 13.7. The van der Waals surface area contributed by atoms with E-state index in [0.717, 1.165) is 47.8 Å². The van der Waals surface area contributed by atoms with E-state index in [0.29, 0.717) is 11.8 Å². The van der Waals surface area contributed by atoms with Gasteiger partial charge < -0.3 is 0 Å². The van der Waals surface area contributed by atoms with Gasteiger partial charge >= 0.3 is 5.97 Å². The van der Waals surface area contributed by atoms with Gasteiger partial charge in [0.15, 0.2) is 0 Å². The van der Waals surface area contributed by atoms with Gasteiger partial charge in [-0.15, -0.1) is 0 Å². The molecule has 0 amide bonds. The Bertz CT molecular complexity index is 567. The van der Waals surface area contributed by atoms with Gasteiger partial charge in [-0.1, -0.05) is 0 Å². The van der Waals surface area contributed by atoms with Crippen molar-refractivity contribution in [2.45, 2.75) is 52.1 Å². The van der Waals surface area contributed by atoms with Crippen molar-refractivity contribution < 1.29 is 14.6 Å². The standard InChI is InChI=1S/C19H26O3/c1-18(2,3)22-21-17(20)19-7-6-9-11-8-4-5-10(15(11)19)14-12(8)13(9)16(14)19/h8-16H,4-7H2,1-3H3/t8-,9+,10-,11+,12-,13?,14?,15+,16?,19+/m1/s1. The van der Waals surface area contributed by atoms with Gasteiger partial charge in [-0.2, -0.15) is 4.89 Å². The number of fused-ring (bicyclic) bond motifs is 2. The molecule has 0 aromatic heterocycles. The predicted octanol–water partition coefficient (Wildman–Crippen LogP) is 3.43. The van der Waals surface area contributed by atoms with Gasteiger partial charge in [-0.3, -0.25) is 4.89 Å².